The van der Waals surface area contributed by atoms with Crippen LogP contribution in [-0.2, 0) is 6.54 Å². The van der Waals surface area contributed by atoms with Crippen LogP contribution in [-0.4, -0.2) is 18.1 Å². The first kappa shape index (κ1) is 21.8. The van der Waals surface area contributed by atoms with Crippen molar-refractivity contribution in [3.8, 4) is 5.75 Å². The predicted molar refractivity (Wildman–Crippen MR) is 123 cm³/mol. The molecule has 4 nitrogen and oxygen atoms in total. The lowest BCUT2D eigenvalue weighted by molar-refractivity contribution is 0.323. The molecule has 2 aromatic carbocycles. The van der Waals surface area contributed by atoms with E-state index in [-0.39, 0.29) is 20.4 Å². The lowest BCUT2D eigenvalue weighted by Gasteiger charge is -2.27. The fraction of sp³-hybridized carbons (Fsp3) is 0.190. The summed E-state index contributed by atoms with van der Waals surface area (Å²) in [5.74, 6) is 0.699. The summed E-state index contributed by atoms with van der Waals surface area (Å²) in [6.07, 6.45) is 0. The number of halogens is 4. The van der Waals surface area contributed by atoms with Crippen molar-refractivity contribution >= 4 is 57.8 Å². The fourth-order valence-electron chi connectivity index (χ4n) is 2.96. The number of pyridine rings is 1. The molecule has 1 aromatic heterocycles. The van der Waals surface area contributed by atoms with Crippen LogP contribution in [0.25, 0.3) is 0 Å². The Kier molecular flexibility index (Phi) is 7.36. The van der Waals surface area contributed by atoms with Crippen LogP contribution in [0.15, 0.2) is 48.5 Å². The van der Waals surface area contributed by atoms with E-state index in [1.807, 2.05) is 54.3 Å². The molecule has 1 heterocycles. The number of benzene rings is 2. The minimum atomic E-state index is 0.0986. The molecule has 8 heteroatoms. The van der Waals surface area contributed by atoms with Crippen molar-refractivity contribution in [2.75, 3.05) is 23.8 Å². The van der Waals surface area contributed by atoms with Crippen molar-refractivity contribution in [3.63, 3.8) is 0 Å². The summed E-state index contributed by atoms with van der Waals surface area (Å²) >= 11 is 25.2. The molecule has 0 fully saturated rings. The van der Waals surface area contributed by atoms with Gasteiger partial charge in [0.1, 0.15) is 22.4 Å². The van der Waals surface area contributed by atoms with Crippen LogP contribution < -0.4 is 15.4 Å². The van der Waals surface area contributed by atoms with Crippen LogP contribution in [0, 0.1) is 6.92 Å². The van der Waals surface area contributed by atoms with Crippen LogP contribution in [0.1, 0.15) is 11.1 Å². The molecule has 2 N–H and O–H groups in total. The second kappa shape index (κ2) is 9.77. The van der Waals surface area contributed by atoms with Gasteiger partial charge in [0.05, 0.1) is 12.2 Å². The first-order valence-corrected chi connectivity index (χ1v) is 10.3. The molecular weight excluding hydrogens is 452 g/mol. The monoisotopic (exact) mass is 469 g/mol. The zero-order chi connectivity index (χ0) is 21.0. The van der Waals surface area contributed by atoms with Gasteiger partial charge in [-0.25, -0.2) is 4.98 Å². The summed E-state index contributed by atoms with van der Waals surface area (Å²) in [5.41, 5.74) is 9.17. The minimum Gasteiger partial charge on any atom is -0.492 e. The Labute approximate surface area is 190 Å². The third kappa shape index (κ3) is 5.61. The van der Waals surface area contributed by atoms with Gasteiger partial charge in [-0.15, -0.1) is 0 Å². The van der Waals surface area contributed by atoms with Crippen molar-refractivity contribution in [1.29, 1.82) is 0 Å². The number of aryl methyl sites for hydroxylation is 1. The molecule has 29 heavy (non-hydrogen) atoms. The van der Waals surface area contributed by atoms with Gasteiger partial charge >= 0.3 is 0 Å². The number of nitrogens with zero attached hydrogens (tertiary/aromatic N) is 2. The number of nitrogens with two attached hydrogens (primary N) is 1. The number of rotatable bonds is 7. The highest BCUT2D eigenvalue weighted by molar-refractivity contribution is 6.48. The first-order chi connectivity index (χ1) is 13.8. The molecule has 0 radical (unpaired) electrons. The van der Waals surface area contributed by atoms with Crippen molar-refractivity contribution in [2.45, 2.75) is 13.5 Å². The number of aromatic nitrogens is 1. The SMILES string of the molecule is Cc1cc(N)cc(OCCN(Cc2ccccc2)c2c(Cl)c(Cl)nc(Cl)c2Cl)c1. The molecule has 3 aromatic rings. The highest BCUT2D eigenvalue weighted by atomic mass is 35.5. The smallest absolute Gasteiger partial charge is 0.151 e. The van der Waals surface area contributed by atoms with Crippen LogP contribution in [0.2, 0.25) is 20.4 Å². The topological polar surface area (TPSA) is 51.4 Å². The van der Waals surface area contributed by atoms with Crippen molar-refractivity contribution in [1.82, 2.24) is 4.98 Å². The molecule has 0 aliphatic rings. The van der Waals surface area contributed by atoms with E-state index < -0.39 is 0 Å². The number of nitrogen functional groups attached to an aromatic ring is 1. The van der Waals surface area contributed by atoms with Crippen LogP contribution in [0.3, 0.4) is 0 Å². The minimum absolute atomic E-state index is 0.0986. The molecule has 0 aliphatic carbocycles. The Hall–Kier alpha value is -1.85. The Morgan fingerprint density at radius 1 is 0.966 bits per heavy atom. The molecule has 0 spiro atoms. The van der Waals surface area contributed by atoms with Crippen LogP contribution in [0.5, 0.6) is 5.75 Å². The fourth-order valence-corrected chi connectivity index (χ4v) is 3.91. The second-order valence-electron chi connectivity index (χ2n) is 6.51. The molecule has 0 bridgehead atoms. The summed E-state index contributed by atoms with van der Waals surface area (Å²) in [6.45, 7) is 3.36. The number of ether oxygens (including phenoxy) is 1. The molecule has 0 atom stereocenters. The summed E-state index contributed by atoms with van der Waals surface area (Å²) < 4.78 is 5.91. The van der Waals surface area contributed by atoms with Crippen LogP contribution >= 0.6 is 46.4 Å². The maximum absolute atomic E-state index is 6.43. The summed E-state index contributed by atoms with van der Waals surface area (Å²) in [5, 5.41) is 0.691. The van der Waals surface area contributed by atoms with Crippen molar-refractivity contribution in [3.05, 3.63) is 80.0 Å². The van der Waals surface area contributed by atoms with Gasteiger partial charge in [0.25, 0.3) is 0 Å². The lowest BCUT2D eigenvalue weighted by atomic mass is 10.2. The molecule has 0 saturated heterocycles. The lowest BCUT2D eigenvalue weighted by Crippen LogP contribution is -2.28. The third-order valence-corrected chi connectivity index (χ3v) is 5.67. The van der Waals surface area contributed by atoms with Crippen molar-refractivity contribution < 1.29 is 4.74 Å². The van der Waals surface area contributed by atoms with E-state index in [2.05, 4.69) is 4.98 Å². The largest absolute Gasteiger partial charge is 0.492 e. The second-order valence-corrected chi connectivity index (χ2v) is 7.98. The molecule has 3 rings (SSSR count). The Morgan fingerprint density at radius 3 is 2.24 bits per heavy atom. The van der Waals surface area contributed by atoms with Gasteiger partial charge in [0.2, 0.25) is 0 Å². The maximum atomic E-state index is 6.43. The van der Waals surface area contributed by atoms with Gasteiger partial charge in [-0.3, -0.25) is 0 Å². The van der Waals surface area contributed by atoms with E-state index >= 15 is 0 Å². The Balaban J connectivity index is 1.86. The maximum Gasteiger partial charge on any atom is 0.151 e. The number of hydrogen-bond acceptors (Lipinski definition) is 4. The number of anilines is 2. The predicted octanol–water partition coefficient (Wildman–Crippen LogP) is 6.67. The van der Waals surface area contributed by atoms with Gasteiger partial charge in [-0.1, -0.05) is 76.7 Å². The molecular formula is C21H19Cl4N3O. The molecule has 0 saturated carbocycles. The van der Waals surface area contributed by atoms with E-state index in [1.165, 1.54) is 0 Å². The third-order valence-electron chi connectivity index (χ3n) is 4.21. The van der Waals surface area contributed by atoms with E-state index in [0.717, 1.165) is 11.1 Å². The number of hydrogen-bond donors (Lipinski definition) is 1. The van der Waals surface area contributed by atoms with Gasteiger partial charge in [-0.05, 0) is 30.2 Å². The Bertz CT molecular complexity index is 952. The average molecular weight is 471 g/mol. The van der Waals surface area contributed by atoms with Gasteiger partial charge in [-0.2, -0.15) is 0 Å². The molecule has 152 valence electrons. The Morgan fingerprint density at radius 2 is 1.62 bits per heavy atom. The van der Waals surface area contributed by atoms with E-state index in [9.17, 15) is 0 Å². The van der Waals surface area contributed by atoms with E-state index in [0.29, 0.717) is 36.8 Å². The molecule has 0 aliphatic heterocycles. The summed E-state index contributed by atoms with van der Waals surface area (Å²) in [4.78, 5) is 5.94. The van der Waals surface area contributed by atoms with E-state index in [4.69, 9.17) is 56.9 Å². The standard InChI is InChI=1S/C21H19Cl4N3O/c1-13-9-15(26)11-16(10-13)29-8-7-28(12-14-5-3-2-4-6-14)19-17(22)20(24)27-21(25)18(19)23/h2-6,9-11H,7-8,12,26H2,1H3. The quantitative estimate of drug-likeness (QED) is 0.309. The summed E-state index contributed by atoms with van der Waals surface area (Å²) in [7, 11) is 0. The van der Waals surface area contributed by atoms with Gasteiger partial charge in [0.15, 0.2) is 10.3 Å². The molecule has 0 unspecified atom stereocenters. The summed E-state index contributed by atoms with van der Waals surface area (Å²) in [6, 6.07) is 15.5. The highest BCUT2D eigenvalue weighted by Gasteiger charge is 2.21. The zero-order valence-electron chi connectivity index (χ0n) is 15.6. The van der Waals surface area contributed by atoms with Gasteiger partial charge < -0.3 is 15.4 Å². The van der Waals surface area contributed by atoms with Crippen LogP contribution in [0.4, 0.5) is 11.4 Å². The van der Waals surface area contributed by atoms with E-state index in [1.54, 1.807) is 6.07 Å². The average Bonchev–Trinajstić information content (AvgIpc) is 2.66. The zero-order valence-corrected chi connectivity index (χ0v) is 18.7. The normalized spacial score (nSPS) is 10.8. The van der Waals surface area contributed by atoms with Gasteiger partial charge in [0, 0.05) is 18.3 Å². The molecule has 0 amide bonds. The first-order valence-electron chi connectivity index (χ1n) is 8.84. The van der Waals surface area contributed by atoms with Crippen molar-refractivity contribution in [2.24, 2.45) is 0 Å². The highest BCUT2D eigenvalue weighted by Crippen LogP contribution is 2.41.